The Balaban J connectivity index is 2.69. The maximum Gasteiger partial charge on any atom is 0.311 e. The van der Waals surface area contributed by atoms with Crippen LogP contribution in [0.2, 0.25) is 0 Å². The highest BCUT2D eigenvalue weighted by molar-refractivity contribution is 5.75. The molecule has 0 saturated carbocycles. The molecule has 1 aromatic carbocycles. The molecule has 0 radical (unpaired) electrons. The first-order valence-electron chi connectivity index (χ1n) is 7.47. The van der Waals surface area contributed by atoms with Crippen LogP contribution in [0, 0.1) is 5.41 Å². The van der Waals surface area contributed by atoms with Gasteiger partial charge in [-0.05, 0) is 32.8 Å². The Hall–Kier alpha value is -1.65. The summed E-state index contributed by atoms with van der Waals surface area (Å²) in [7, 11) is 0. The Morgan fingerprint density at radius 3 is 2.41 bits per heavy atom. The normalized spacial score (nSPS) is 14.2. The molecule has 0 unspecified atom stereocenters. The SMILES string of the molecule is C=CC[C@H](OCc1ccccc1)[C@@H](CO)OC(=O)C(C)(C)C. The van der Waals surface area contributed by atoms with Gasteiger partial charge in [0.05, 0.1) is 18.6 Å². The van der Waals surface area contributed by atoms with Gasteiger partial charge in [-0.3, -0.25) is 4.79 Å². The van der Waals surface area contributed by atoms with Gasteiger partial charge < -0.3 is 14.6 Å². The van der Waals surface area contributed by atoms with Crippen molar-refractivity contribution in [1.29, 1.82) is 0 Å². The lowest BCUT2D eigenvalue weighted by Crippen LogP contribution is -2.39. The molecule has 0 saturated heterocycles. The monoisotopic (exact) mass is 306 g/mol. The molecule has 4 heteroatoms. The molecule has 1 rings (SSSR count). The second-order valence-electron chi connectivity index (χ2n) is 6.24. The number of carbonyl (C=O) groups is 1. The van der Waals surface area contributed by atoms with E-state index in [1.165, 1.54) is 0 Å². The molecule has 0 amide bonds. The first kappa shape index (κ1) is 18.4. The van der Waals surface area contributed by atoms with Gasteiger partial charge in [0.2, 0.25) is 0 Å². The van der Waals surface area contributed by atoms with E-state index in [9.17, 15) is 9.90 Å². The van der Waals surface area contributed by atoms with Crippen molar-refractivity contribution in [3.8, 4) is 0 Å². The Bertz CT molecular complexity index is 462. The molecular weight excluding hydrogens is 280 g/mol. The van der Waals surface area contributed by atoms with Crippen LogP contribution in [0.3, 0.4) is 0 Å². The van der Waals surface area contributed by atoms with Crippen molar-refractivity contribution in [2.75, 3.05) is 6.61 Å². The van der Waals surface area contributed by atoms with E-state index in [-0.39, 0.29) is 12.6 Å². The van der Waals surface area contributed by atoms with E-state index in [1.54, 1.807) is 26.8 Å². The quantitative estimate of drug-likeness (QED) is 0.592. The van der Waals surface area contributed by atoms with E-state index in [0.717, 1.165) is 5.56 Å². The average Bonchev–Trinajstić information content (AvgIpc) is 2.49. The van der Waals surface area contributed by atoms with Crippen molar-refractivity contribution in [2.24, 2.45) is 5.41 Å². The van der Waals surface area contributed by atoms with Gasteiger partial charge in [-0.1, -0.05) is 36.4 Å². The minimum Gasteiger partial charge on any atom is -0.457 e. The zero-order valence-corrected chi connectivity index (χ0v) is 13.6. The van der Waals surface area contributed by atoms with Gasteiger partial charge >= 0.3 is 5.97 Å². The molecule has 0 bridgehead atoms. The molecule has 0 spiro atoms. The highest BCUT2D eigenvalue weighted by Crippen LogP contribution is 2.20. The van der Waals surface area contributed by atoms with Crippen LogP contribution in [0.15, 0.2) is 43.0 Å². The maximum atomic E-state index is 12.0. The average molecular weight is 306 g/mol. The molecule has 0 aliphatic carbocycles. The summed E-state index contributed by atoms with van der Waals surface area (Å²) in [6.45, 7) is 9.13. The Morgan fingerprint density at radius 1 is 1.27 bits per heavy atom. The van der Waals surface area contributed by atoms with E-state index in [4.69, 9.17) is 9.47 Å². The van der Waals surface area contributed by atoms with Gasteiger partial charge in [0.1, 0.15) is 6.10 Å². The van der Waals surface area contributed by atoms with Crippen molar-refractivity contribution >= 4 is 5.97 Å². The van der Waals surface area contributed by atoms with Crippen LogP contribution < -0.4 is 0 Å². The molecule has 0 aliphatic rings. The van der Waals surface area contributed by atoms with Crippen LogP contribution in [0.5, 0.6) is 0 Å². The first-order valence-corrected chi connectivity index (χ1v) is 7.47. The summed E-state index contributed by atoms with van der Waals surface area (Å²) in [6.07, 6.45) is 1.07. The maximum absolute atomic E-state index is 12.0. The summed E-state index contributed by atoms with van der Waals surface area (Å²) < 4.78 is 11.2. The van der Waals surface area contributed by atoms with Crippen LogP contribution in [0.25, 0.3) is 0 Å². The van der Waals surface area contributed by atoms with Crippen molar-refractivity contribution < 1.29 is 19.4 Å². The number of aliphatic hydroxyl groups excluding tert-OH is 1. The lowest BCUT2D eigenvalue weighted by Gasteiger charge is -2.28. The zero-order chi connectivity index (χ0) is 16.6. The van der Waals surface area contributed by atoms with E-state index in [1.807, 2.05) is 30.3 Å². The van der Waals surface area contributed by atoms with Crippen LogP contribution in [0.1, 0.15) is 32.8 Å². The first-order chi connectivity index (χ1) is 10.4. The topological polar surface area (TPSA) is 55.8 Å². The number of ether oxygens (including phenoxy) is 2. The van der Waals surface area contributed by atoms with E-state index in [0.29, 0.717) is 13.0 Å². The summed E-state index contributed by atoms with van der Waals surface area (Å²) in [4.78, 5) is 12.0. The predicted octanol–water partition coefficient (Wildman–Crippen LogP) is 3.10. The van der Waals surface area contributed by atoms with E-state index in [2.05, 4.69) is 6.58 Å². The Labute approximate surface area is 132 Å². The molecule has 22 heavy (non-hydrogen) atoms. The van der Waals surface area contributed by atoms with Crippen molar-refractivity contribution in [1.82, 2.24) is 0 Å². The van der Waals surface area contributed by atoms with Crippen molar-refractivity contribution in [3.05, 3.63) is 48.6 Å². The Kier molecular flexibility index (Phi) is 7.28. The number of benzene rings is 1. The summed E-state index contributed by atoms with van der Waals surface area (Å²) >= 11 is 0. The standard InChI is InChI=1S/C18H26O4/c1-5-9-15(21-13-14-10-7-6-8-11-14)16(12-19)22-17(20)18(2,3)4/h5-8,10-11,15-16,19H,1,9,12-13H2,2-4H3/t15-,16+/m0/s1. The number of hydrogen-bond donors (Lipinski definition) is 1. The molecule has 4 nitrogen and oxygen atoms in total. The fourth-order valence-corrected chi connectivity index (χ4v) is 1.81. The smallest absolute Gasteiger partial charge is 0.311 e. The summed E-state index contributed by atoms with van der Waals surface area (Å²) in [5.74, 6) is -0.357. The van der Waals surface area contributed by atoms with Crippen molar-refractivity contribution in [2.45, 2.75) is 46.0 Å². The second-order valence-corrected chi connectivity index (χ2v) is 6.24. The van der Waals surface area contributed by atoms with Gasteiger partial charge in [0.15, 0.2) is 6.10 Å². The minimum atomic E-state index is -0.701. The number of aliphatic hydroxyl groups is 1. The van der Waals surface area contributed by atoms with Crippen LogP contribution in [-0.2, 0) is 20.9 Å². The van der Waals surface area contributed by atoms with Crippen LogP contribution in [-0.4, -0.2) is 29.9 Å². The second kappa shape index (κ2) is 8.71. The van der Waals surface area contributed by atoms with Gasteiger partial charge in [-0.2, -0.15) is 0 Å². The molecule has 2 atom stereocenters. The lowest BCUT2D eigenvalue weighted by atomic mass is 9.97. The molecule has 0 aromatic heterocycles. The fourth-order valence-electron chi connectivity index (χ4n) is 1.81. The Morgan fingerprint density at radius 2 is 1.91 bits per heavy atom. The largest absolute Gasteiger partial charge is 0.457 e. The third-order valence-electron chi connectivity index (χ3n) is 3.17. The number of hydrogen-bond acceptors (Lipinski definition) is 4. The highest BCUT2D eigenvalue weighted by atomic mass is 16.6. The molecule has 1 aromatic rings. The summed E-state index contributed by atoms with van der Waals surface area (Å²) in [5.41, 5.74) is 0.404. The predicted molar refractivity (Wildman–Crippen MR) is 86.3 cm³/mol. The van der Waals surface area contributed by atoms with E-state index < -0.39 is 17.6 Å². The molecule has 0 heterocycles. The van der Waals surface area contributed by atoms with E-state index >= 15 is 0 Å². The third-order valence-corrected chi connectivity index (χ3v) is 3.17. The van der Waals surface area contributed by atoms with Gasteiger partial charge in [0, 0.05) is 0 Å². The fraction of sp³-hybridized carbons (Fsp3) is 0.500. The molecular formula is C18H26O4. The minimum absolute atomic E-state index is 0.283. The molecule has 1 N–H and O–H groups in total. The zero-order valence-electron chi connectivity index (χ0n) is 13.6. The molecule has 122 valence electrons. The van der Waals surface area contributed by atoms with Gasteiger partial charge in [-0.15, -0.1) is 6.58 Å². The van der Waals surface area contributed by atoms with Crippen LogP contribution in [0.4, 0.5) is 0 Å². The molecule has 0 fully saturated rings. The van der Waals surface area contributed by atoms with Crippen LogP contribution >= 0.6 is 0 Å². The lowest BCUT2D eigenvalue weighted by molar-refractivity contribution is -0.171. The number of esters is 1. The third kappa shape index (κ3) is 6.00. The highest BCUT2D eigenvalue weighted by Gasteiger charge is 2.30. The van der Waals surface area contributed by atoms with Gasteiger partial charge in [-0.25, -0.2) is 0 Å². The number of rotatable bonds is 8. The number of carbonyl (C=O) groups excluding carboxylic acids is 1. The summed E-state index contributed by atoms with van der Waals surface area (Å²) in [5, 5.41) is 9.54. The van der Waals surface area contributed by atoms with Crippen molar-refractivity contribution in [3.63, 3.8) is 0 Å². The summed E-state index contributed by atoms with van der Waals surface area (Å²) in [6, 6.07) is 9.72. The van der Waals surface area contributed by atoms with Gasteiger partial charge in [0.25, 0.3) is 0 Å². The molecule has 0 aliphatic heterocycles.